The van der Waals surface area contributed by atoms with Gasteiger partial charge in [-0.3, -0.25) is 9.69 Å². The van der Waals surface area contributed by atoms with Gasteiger partial charge in [-0.2, -0.15) is 0 Å². The molecule has 6 rings (SSSR count). The third-order valence-electron chi connectivity index (χ3n) is 7.38. The maximum Gasteiger partial charge on any atom is 0.237 e. The van der Waals surface area contributed by atoms with Gasteiger partial charge in [-0.1, -0.05) is 12.1 Å². The number of benzene rings is 2. The van der Waals surface area contributed by atoms with Gasteiger partial charge >= 0.3 is 0 Å². The molecule has 2 atom stereocenters. The molecule has 2 aromatic rings. The highest BCUT2D eigenvalue weighted by molar-refractivity contribution is 5.79. The normalized spacial score (nSPS) is 24.2. The molecule has 0 spiro atoms. The van der Waals surface area contributed by atoms with Crippen LogP contribution >= 0.6 is 0 Å². The predicted octanol–water partition coefficient (Wildman–Crippen LogP) is 4.12. The Morgan fingerprint density at radius 3 is 2.06 bits per heavy atom. The van der Waals surface area contributed by atoms with E-state index in [0.29, 0.717) is 33.0 Å². The van der Waals surface area contributed by atoms with Crippen LogP contribution < -0.4 is 18.9 Å². The molecule has 4 aliphatic rings. The van der Waals surface area contributed by atoms with Gasteiger partial charge in [0.2, 0.25) is 5.91 Å². The number of hydrogen-bond donors (Lipinski definition) is 0. The second-order valence-corrected chi connectivity index (χ2v) is 9.53. The Kier molecular flexibility index (Phi) is 5.95. The number of hydrogen-bond acceptors (Lipinski definition) is 6. The van der Waals surface area contributed by atoms with E-state index in [9.17, 15) is 4.79 Å². The molecule has 7 nitrogen and oxygen atoms in total. The van der Waals surface area contributed by atoms with Crippen molar-refractivity contribution in [2.45, 2.75) is 44.2 Å². The van der Waals surface area contributed by atoms with Crippen molar-refractivity contribution in [3.05, 3.63) is 47.5 Å². The highest BCUT2D eigenvalue weighted by Gasteiger charge is 2.34. The highest BCUT2D eigenvalue weighted by atomic mass is 16.6. The Morgan fingerprint density at radius 1 is 0.706 bits per heavy atom. The second-order valence-electron chi connectivity index (χ2n) is 9.53. The number of ether oxygens (including phenoxy) is 4. The Morgan fingerprint density at radius 2 is 1.29 bits per heavy atom. The number of carbonyl (C=O) groups excluding carboxylic acids is 1. The summed E-state index contributed by atoms with van der Waals surface area (Å²) in [5, 5.41) is 0. The average molecular weight is 465 g/mol. The lowest BCUT2D eigenvalue weighted by molar-refractivity contribution is -0.133. The van der Waals surface area contributed by atoms with E-state index in [4.69, 9.17) is 18.9 Å². The van der Waals surface area contributed by atoms with E-state index in [1.165, 1.54) is 5.56 Å². The molecule has 0 aromatic heterocycles. The maximum absolute atomic E-state index is 13.5. The van der Waals surface area contributed by atoms with Crippen LogP contribution in [-0.2, 0) is 4.79 Å². The van der Waals surface area contributed by atoms with Crippen molar-refractivity contribution in [1.82, 2.24) is 9.80 Å². The molecule has 2 saturated heterocycles. The number of amides is 1. The fraction of sp³-hybridized carbons (Fsp3) is 0.519. The molecule has 34 heavy (non-hydrogen) atoms. The van der Waals surface area contributed by atoms with E-state index in [1.807, 2.05) is 12.1 Å². The minimum atomic E-state index is 0.0972. The van der Waals surface area contributed by atoms with E-state index in [0.717, 1.165) is 73.8 Å². The predicted molar refractivity (Wildman–Crippen MR) is 127 cm³/mol. The molecule has 0 radical (unpaired) electrons. The molecule has 0 saturated carbocycles. The van der Waals surface area contributed by atoms with E-state index in [-0.39, 0.29) is 18.0 Å². The van der Waals surface area contributed by atoms with Gasteiger partial charge < -0.3 is 23.8 Å². The summed E-state index contributed by atoms with van der Waals surface area (Å²) in [7, 11) is 0. The van der Waals surface area contributed by atoms with Crippen LogP contribution in [0.3, 0.4) is 0 Å². The first kappa shape index (κ1) is 21.6. The Balaban J connectivity index is 1.17. The van der Waals surface area contributed by atoms with Crippen molar-refractivity contribution >= 4 is 5.91 Å². The summed E-state index contributed by atoms with van der Waals surface area (Å²) in [4.78, 5) is 17.9. The average Bonchev–Trinajstić information content (AvgIpc) is 3.48. The fourth-order valence-electron chi connectivity index (χ4n) is 5.72. The summed E-state index contributed by atoms with van der Waals surface area (Å²) < 4.78 is 23.2. The van der Waals surface area contributed by atoms with Crippen LogP contribution in [0, 0.1) is 0 Å². The maximum atomic E-state index is 13.5. The van der Waals surface area contributed by atoms with Crippen molar-refractivity contribution < 1.29 is 23.7 Å². The first-order valence-electron chi connectivity index (χ1n) is 12.6. The van der Waals surface area contributed by atoms with Crippen molar-refractivity contribution in [1.29, 1.82) is 0 Å². The molecule has 180 valence electrons. The molecule has 4 aliphatic heterocycles. The zero-order chi connectivity index (χ0) is 22.9. The molecular formula is C27H32N2O5. The van der Waals surface area contributed by atoms with E-state index < -0.39 is 0 Å². The van der Waals surface area contributed by atoms with E-state index >= 15 is 0 Å². The first-order chi connectivity index (χ1) is 16.8. The van der Waals surface area contributed by atoms with Gasteiger partial charge in [-0.05, 0) is 67.6 Å². The van der Waals surface area contributed by atoms with Crippen molar-refractivity contribution in [3.8, 4) is 23.0 Å². The summed E-state index contributed by atoms with van der Waals surface area (Å²) >= 11 is 0. The van der Waals surface area contributed by atoms with Crippen LogP contribution in [-0.4, -0.2) is 61.8 Å². The fourth-order valence-corrected chi connectivity index (χ4v) is 5.72. The Hall–Kier alpha value is -2.93. The number of fused-ring (bicyclic) bond motifs is 2. The summed E-state index contributed by atoms with van der Waals surface area (Å²) in [5.74, 6) is 3.43. The van der Waals surface area contributed by atoms with Gasteiger partial charge in [0.05, 0.1) is 25.8 Å². The molecule has 0 aliphatic carbocycles. The summed E-state index contributed by atoms with van der Waals surface area (Å²) in [6.45, 7) is 4.71. The molecule has 7 heteroatoms. The molecule has 0 unspecified atom stereocenters. The molecule has 2 aromatic carbocycles. The highest BCUT2D eigenvalue weighted by Crippen LogP contribution is 2.40. The largest absolute Gasteiger partial charge is 0.490 e. The van der Waals surface area contributed by atoms with Crippen LogP contribution in [0.15, 0.2) is 36.4 Å². The van der Waals surface area contributed by atoms with Gasteiger partial charge in [-0.25, -0.2) is 0 Å². The zero-order valence-electron chi connectivity index (χ0n) is 19.5. The molecule has 0 bridgehead atoms. The Labute approximate surface area is 200 Å². The third kappa shape index (κ3) is 4.17. The van der Waals surface area contributed by atoms with Gasteiger partial charge in [-0.15, -0.1) is 0 Å². The molecule has 1 amide bonds. The van der Waals surface area contributed by atoms with Crippen LogP contribution in [0.2, 0.25) is 0 Å². The lowest BCUT2D eigenvalue weighted by Gasteiger charge is -2.30. The van der Waals surface area contributed by atoms with Gasteiger partial charge in [0.25, 0.3) is 0 Å². The van der Waals surface area contributed by atoms with Crippen molar-refractivity contribution in [2.24, 2.45) is 0 Å². The number of rotatable bonds is 4. The second kappa shape index (κ2) is 9.37. The van der Waals surface area contributed by atoms with Crippen LogP contribution in [0.5, 0.6) is 23.0 Å². The molecule has 4 heterocycles. The number of likely N-dealkylation sites (tertiary alicyclic amines) is 2. The standard InChI is InChI=1S/C27H32N2O5/c30-27(18-28-10-1-4-21(28)19-6-8-24-26(16-19)34-15-14-33-24)29-11-2-5-22(29)20-7-9-23-25(17-20)32-13-3-12-31-23/h6-9,16-17,21-22H,1-5,10-15,18H2/t21-,22-/m1/s1. The van der Waals surface area contributed by atoms with Crippen molar-refractivity contribution in [3.63, 3.8) is 0 Å². The minimum absolute atomic E-state index is 0.0972. The van der Waals surface area contributed by atoms with Crippen LogP contribution in [0.25, 0.3) is 0 Å². The molecular weight excluding hydrogens is 432 g/mol. The summed E-state index contributed by atoms with van der Waals surface area (Å²) in [5.41, 5.74) is 2.34. The van der Waals surface area contributed by atoms with Gasteiger partial charge in [0, 0.05) is 19.0 Å². The first-order valence-corrected chi connectivity index (χ1v) is 12.6. The summed E-state index contributed by atoms with van der Waals surface area (Å²) in [6.07, 6.45) is 5.04. The topological polar surface area (TPSA) is 60.5 Å². The lowest BCUT2D eigenvalue weighted by atomic mass is 10.0. The minimum Gasteiger partial charge on any atom is -0.490 e. The molecule has 0 N–H and O–H groups in total. The van der Waals surface area contributed by atoms with Crippen molar-refractivity contribution in [2.75, 3.05) is 46.1 Å². The SMILES string of the molecule is O=C(CN1CCC[C@@H]1c1ccc2c(c1)OCCO2)N1CCC[C@@H]1c1ccc2c(c1)OCCCO2. The van der Waals surface area contributed by atoms with Gasteiger partial charge in [0.1, 0.15) is 13.2 Å². The summed E-state index contributed by atoms with van der Waals surface area (Å²) in [6, 6.07) is 12.7. The number of nitrogens with zero attached hydrogens (tertiary/aromatic N) is 2. The van der Waals surface area contributed by atoms with E-state index in [1.54, 1.807) is 0 Å². The molecule has 2 fully saturated rings. The van der Waals surface area contributed by atoms with E-state index in [2.05, 4.69) is 34.1 Å². The monoisotopic (exact) mass is 464 g/mol. The zero-order valence-corrected chi connectivity index (χ0v) is 19.5. The van der Waals surface area contributed by atoms with Crippen LogP contribution in [0.4, 0.5) is 0 Å². The third-order valence-corrected chi connectivity index (χ3v) is 7.38. The van der Waals surface area contributed by atoms with Crippen LogP contribution in [0.1, 0.15) is 55.3 Å². The lowest BCUT2D eigenvalue weighted by Crippen LogP contribution is -2.39. The Bertz CT molecular complexity index is 1060. The number of carbonyl (C=O) groups is 1. The quantitative estimate of drug-likeness (QED) is 0.679. The van der Waals surface area contributed by atoms with Gasteiger partial charge in [0.15, 0.2) is 23.0 Å². The smallest absolute Gasteiger partial charge is 0.237 e.